The van der Waals surface area contributed by atoms with Gasteiger partial charge < -0.3 is 10.0 Å². The summed E-state index contributed by atoms with van der Waals surface area (Å²) in [5.41, 5.74) is 1.33. The van der Waals surface area contributed by atoms with Gasteiger partial charge in [0, 0.05) is 6.04 Å². The van der Waals surface area contributed by atoms with Gasteiger partial charge in [-0.2, -0.15) is 0 Å². The highest BCUT2D eigenvalue weighted by Gasteiger charge is 2.19. The molecule has 2 rings (SSSR count). The topological polar surface area (TPSA) is 23.5 Å². The number of benzene rings is 1. The molecule has 2 unspecified atom stereocenters. The Morgan fingerprint density at radius 3 is 2.67 bits per heavy atom. The molecule has 0 saturated carbocycles. The van der Waals surface area contributed by atoms with Crippen LogP contribution in [0.25, 0.3) is 0 Å². The minimum absolute atomic E-state index is 0.362. The van der Waals surface area contributed by atoms with Crippen LogP contribution in [-0.4, -0.2) is 29.1 Å². The summed E-state index contributed by atoms with van der Waals surface area (Å²) in [7, 11) is 0. The van der Waals surface area contributed by atoms with Crippen LogP contribution in [0.2, 0.25) is 0 Å². The van der Waals surface area contributed by atoms with Crippen LogP contribution in [-0.2, 0) is 6.42 Å². The Balaban J connectivity index is 1.77. The first-order valence-electron chi connectivity index (χ1n) is 8.71. The van der Waals surface area contributed by atoms with Crippen molar-refractivity contribution in [1.82, 2.24) is 4.90 Å². The van der Waals surface area contributed by atoms with Crippen molar-refractivity contribution in [3.8, 4) is 5.75 Å². The molecule has 0 aliphatic carbocycles. The SMILES string of the molecule is CCCC1CCCN(C(C)CCc2ccc(O)cc2)CC1. The highest BCUT2D eigenvalue weighted by Crippen LogP contribution is 2.24. The molecule has 0 aromatic heterocycles. The molecule has 1 aromatic rings. The van der Waals surface area contributed by atoms with Crippen LogP contribution in [0.3, 0.4) is 0 Å². The number of nitrogens with zero attached hydrogens (tertiary/aromatic N) is 1. The Labute approximate surface area is 130 Å². The van der Waals surface area contributed by atoms with Crippen molar-refractivity contribution >= 4 is 0 Å². The molecule has 0 amide bonds. The van der Waals surface area contributed by atoms with Gasteiger partial charge in [0.2, 0.25) is 0 Å². The lowest BCUT2D eigenvalue weighted by molar-refractivity contribution is 0.204. The molecule has 21 heavy (non-hydrogen) atoms. The van der Waals surface area contributed by atoms with Gasteiger partial charge in [0.25, 0.3) is 0 Å². The van der Waals surface area contributed by atoms with Crippen molar-refractivity contribution in [2.24, 2.45) is 5.92 Å². The van der Waals surface area contributed by atoms with Gasteiger partial charge in [-0.1, -0.05) is 31.9 Å². The number of hydrogen-bond donors (Lipinski definition) is 1. The molecule has 1 saturated heterocycles. The minimum Gasteiger partial charge on any atom is -0.508 e. The van der Waals surface area contributed by atoms with Crippen molar-refractivity contribution < 1.29 is 5.11 Å². The molecule has 2 atom stereocenters. The van der Waals surface area contributed by atoms with E-state index in [9.17, 15) is 5.11 Å². The molecule has 118 valence electrons. The molecule has 1 aliphatic heterocycles. The van der Waals surface area contributed by atoms with Crippen LogP contribution in [0, 0.1) is 5.92 Å². The quantitative estimate of drug-likeness (QED) is 0.826. The molecule has 1 N–H and O–H groups in total. The Morgan fingerprint density at radius 1 is 1.19 bits per heavy atom. The van der Waals surface area contributed by atoms with E-state index >= 15 is 0 Å². The summed E-state index contributed by atoms with van der Waals surface area (Å²) in [6.45, 7) is 7.24. The lowest BCUT2D eigenvalue weighted by Gasteiger charge is -2.27. The van der Waals surface area contributed by atoms with E-state index in [1.807, 2.05) is 12.1 Å². The standard InChI is InChI=1S/C19H31NO/c1-3-5-17-6-4-14-20(15-13-17)16(2)7-8-18-9-11-19(21)12-10-18/h9-12,16-17,21H,3-8,13-15H2,1-2H3. The van der Waals surface area contributed by atoms with Crippen LogP contribution in [0.1, 0.15) is 57.9 Å². The van der Waals surface area contributed by atoms with Crippen LogP contribution < -0.4 is 0 Å². The van der Waals surface area contributed by atoms with E-state index in [1.165, 1.54) is 57.2 Å². The number of hydrogen-bond acceptors (Lipinski definition) is 2. The maximum absolute atomic E-state index is 9.33. The molecule has 0 bridgehead atoms. The van der Waals surface area contributed by atoms with Gasteiger partial charge in [-0.05, 0) is 75.7 Å². The third-order valence-electron chi connectivity index (χ3n) is 4.99. The van der Waals surface area contributed by atoms with E-state index in [-0.39, 0.29) is 0 Å². The van der Waals surface area contributed by atoms with Crippen molar-refractivity contribution in [1.29, 1.82) is 0 Å². The fourth-order valence-corrected chi connectivity index (χ4v) is 3.55. The molecular formula is C19H31NO. The molecule has 0 radical (unpaired) electrons. The fraction of sp³-hybridized carbons (Fsp3) is 0.684. The smallest absolute Gasteiger partial charge is 0.115 e. The molecule has 2 nitrogen and oxygen atoms in total. The van der Waals surface area contributed by atoms with Gasteiger partial charge in [-0.3, -0.25) is 0 Å². The predicted octanol–water partition coefficient (Wildman–Crippen LogP) is 4.62. The number of phenols is 1. The van der Waals surface area contributed by atoms with Crippen molar-refractivity contribution in [2.45, 2.75) is 64.8 Å². The van der Waals surface area contributed by atoms with E-state index in [0.29, 0.717) is 11.8 Å². The van der Waals surface area contributed by atoms with Crippen molar-refractivity contribution in [2.75, 3.05) is 13.1 Å². The Bertz CT molecular complexity index is 401. The minimum atomic E-state index is 0.362. The lowest BCUT2D eigenvalue weighted by Crippen LogP contribution is -2.34. The number of rotatable bonds is 6. The second-order valence-electron chi connectivity index (χ2n) is 6.68. The molecule has 1 heterocycles. The van der Waals surface area contributed by atoms with E-state index in [1.54, 1.807) is 12.1 Å². The summed E-state index contributed by atoms with van der Waals surface area (Å²) >= 11 is 0. The first-order chi connectivity index (χ1) is 10.2. The summed E-state index contributed by atoms with van der Waals surface area (Å²) < 4.78 is 0. The highest BCUT2D eigenvalue weighted by atomic mass is 16.3. The number of likely N-dealkylation sites (tertiary alicyclic amines) is 1. The third kappa shape index (κ3) is 5.35. The van der Waals surface area contributed by atoms with Crippen molar-refractivity contribution in [3.05, 3.63) is 29.8 Å². The van der Waals surface area contributed by atoms with Crippen LogP contribution in [0.15, 0.2) is 24.3 Å². The maximum atomic E-state index is 9.33. The van der Waals surface area contributed by atoms with E-state index < -0.39 is 0 Å². The second kappa shape index (κ2) is 8.43. The zero-order valence-corrected chi connectivity index (χ0v) is 13.7. The average Bonchev–Trinajstić information content (AvgIpc) is 2.72. The zero-order chi connectivity index (χ0) is 15.1. The summed E-state index contributed by atoms with van der Waals surface area (Å²) in [5, 5.41) is 9.33. The first-order valence-corrected chi connectivity index (χ1v) is 8.71. The Morgan fingerprint density at radius 2 is 1.95 bits per heavy atom. The van der Waals surface area contributed by atoms with Crippen LogP contribution in [0.5, 0.6) is 5.75 Å². The summed E-state index contributed by atoms with van der Waals surface area (Å²) in [4.78, 5) is 2.69. The molecule has 0 spiro atoms. The van der Waals surface area contributed by atoms with Gasteiger partial charge in [0.1, 0.15) is 5.75 Å². The normalized spacial score (nSPS) is 21.9. The molecular weight excluding hydrogens is 258 g/mol. The second-order valence-corrected chi connectivity index (χ2v) is 6.68. The monoisotopic (exact) mass is 289 g/mol. The Kier molecular flexibility index (Phi) is 6.56. The van der Waals surface area contributed by atoms with Gasteiger partial charge >= 0.3 is 0 Å². The van der Waals surface area contributed by atoms with Gasteiger partial charge in [-0.25, -0.2) is 0 Å². The number of aryl methyl sites for hydroxylation is 1. The third-order valence-corrected chi connectivity index (χ3v) is 4.99. The molecule has 1 fully saturated rings. The largest absolute Gasteiger partial charge is 0.508 e. The van der Waals surface area contributed by atoms with Gasteiger partial charge in [0.15, 0.2) is 0 Å². The van der Waals surface area contributed by atoms with E-state index in [4.69, 9.17) is 0 Å². The van der Waals surface area contributed by atoms with Gasteiger partial charge in [-0.15, -0.1) is 0 Å². The van der Waals surface area contributed by atoms with Crippen LogP contribution in [0.4, 0.5) is 0 Å². The predicted molar refractivity (Wildman–Crippen MR) is 89.7 cm³/mol. The number of phenolic OH excluding ortho intramolecular Hbond substituents is 1. The number of aromatic hydroxyl groups is 1. The van der Waals surface area contributed by atoms with E-state index in [0.717, 1.165) is 12.3 Å². The first kappa shape index (κ1) is 16.4. The summed E-state index contributed by atoms with van der Waals surface area (Å²) in [6, 6.07) is 8.34. The summed E-state index contributed by atoms with van der Waals surface area (Å²) in [6.07, 6.45) is 9.25. The lowest BCUT2D eigenvalue weighted by atomic mass is 9.96. The Hall–Kier alpha value is -1.02. The maximum Gasteiger partial charge on any atom is 0.115 e. The van der Waals surface area contributed by atoms with E-state index in [2.05, 4.69) is 18.7 Å². The zero-order valence-electron chi connectivity index (χ0n) is 13.7. The fourth-order valence-electron chi connectivity index (χ4n) is 3.55. The molecule has 1 aliphatic rings. The summed E-state index contributed by atoms with van der Waals surface area (Å²) in [5.74, 6) is 1.32. The van der Waals surface area contributed by atoms with Crippen molar-refractivity contribution in [3.63, 3.8) is 0 Å². The van der Waals surface area contributed by atoms with Crippen LogP contribution >= 0.6 is 0 Å². The molecule has 2 heteroatoms. The highest BCUT2D eigenvalue weighted by molar-refractivity contribution is 5.25. The average molecular weight is 289 g/mol. The van der Waals surface area contributed by atoms with Gasteiger partial charge in [0.05, 0.1) is 0 Å². The molecule has 1 aromatic carbocycles.